The zero-order valence-corrected chi connectivity index (χ0v) is 19.7. The molecule has 2 aromatic rings. The molecule has 0 saturated carbocycles. The first-order valence-corrected chi connectivity index (χ1v) is 12.6. The highest BCUT2D eigenvalue weighted by molar-refractivity contribution is 7.89. The maximum atomic E-state index is 13.3. The molecular weight excluding hydrogens is 467 g/mol. The molecule has 12 heteroatoms. The van der Waals surface area contributed by atoms with Gasteiger partial charge in [-0.05, 0) is 30.5 Å². The van der Waals surface area contributed by atoms with E-state index in [-0.39, 0.29) is 49.5 Å². The number of ether oxygens (including phenoxy) is 2. The smallest absolute Gasteiger partial charge is 0.262 e. The van der Waals surface area contributed by atoms with E-state index in [1.807, 2.05) is 0 Å². The third-order valence-corrected chi connectivity index (χ3v) is 7.78. The molecular formula is C22H29FN4O6S. The second-order valence-corrected chi connectivity index (χ2v) is 10.5. The molecule has 0 bridgehead atoms. The fourth-order valence-electron chi connectivity index (χ4n) is 4.29. The molecule has 186 valence electrons. The number of benzene rings is 1. The van der Waals surface area contributed by atoms with Crippen molar-refractivity contribution in [2.45, 2.75) is 55.2 Å². The summed E-state index contributed by atoms with van der Waals surface area (Å²) in [5, 5.41) is 13.0. The predicted molar refractivity (Wildman–Crippen MR) is 118 cm³/mol. The quantitative estimate of drug-likeness (QED) is 0.599. The first-order valence-electron chi connectivity index (χ1n) is 11.1. The molecule has 0 spiro atoms. The van der Waals surface area contributed by atoms with Crippen molar-refractivity contribution >= 4 is 15.9 Å². The van der Waals surface area contributed by atoms with Crippen LogP contribution in [0.2, 0.25) is 0 Å². The van der Waals surface area contributed by atoms with E-state index < -0.39 is 34.4 Å². The predicted octanol–water partition coefficient (Wildman–Crippen LogP) is 0.564. The molecule has 2 aliphatic heterocycles. The zero-order valence-electron chi connectivity index (χ0n) is 18.8. The molecule has 2 N–H and O–H groups in total. The Morgan fingerprint density at radius 2 is 2.03 bits per heavy atom. The van der Waals surface area contributed by atoms with Gasteiger partial charge in [0.25, 0.3) is 10.0 Å². The number of nitrogens with one attached hydrogen (secondary N) is 1. The normalized spacial score (nSPS) is 26.3. The maximum absolute atomic E-state index is 13.3. The van der Waals surface area contributed by atoms with Crippen LogP contribution in [0.4, 0.5) is 4.39 Å². The lowest BCUT2D eigenvalue weighted by Crippen LogP contribution is -2.57. The second kappa shape index (κ2) is 10.5. The van der Waals surface area contributed by atoms with E-state index in [0.29, 0.717) is 12.8 Å². The van der Waals surface area contributed by atoms with E-state index in [1.165, 1.54) is 29.0 Å². The van der Waals surface area contributed by atoms with Gasteiger partial charge in [-0.3, -0.25) is 4.79 Å². The Morgan fingerprint density at radius 1 is 1.26 bits per heavy atom. The molecule has 34 heavy (non-hydrogen) atoms. The third-order valence-electron chi connectivity index (χ3n) is 6.00. The molecule has 10 nitrogen and oxygen atoms in total. The van der Waals surface area contributed by atoms with E-state index in [1.54, 1.807) is 23.7 Å². The summed E-state index contributed by atoms with van der Waals surface area (Å²) < 4.78 is 54.1. The summed E-state index contributed by atoms with van der Waals surface area (Å²) in [5.41, 5.74) is 0.779. The number of halogens is 1. The molecule has 2 saturated heterocycles. The number of hydrogen-bond donors (Lipinski definition) is 2. The number of aliphatic hydroxyl groups is 1. The largest absolute Gasteiger partial charge is 0.389 e. The highest BCUT2D eigenvalue weighted by Gasteiger charge is 2.43. The Labute approximate surface area is 197 Å². The van der Waals surface area contributed by atoms with Crippen molar-refractivity contribution in [3.8, 4) is 0 Å². The van der Waals surface area contributed by atoms with Crippen molar-refractivity contribution in [1.82, 2.24) is 19.2 Å². The minimum absolute atomic E-state index is 0.0242. The van der Waals surface area contributed by atoms with E-state index >= 15 is 0 Å². The van der Waals surface area contributed by atoms with Crippen LogP contribution in [-0.2, 0) is 37.9 Å². The number of rotatable bonds is 6. The number of sulfonamides is 1. The number of fused-ring (bicyclic) bond motifs is 1. The Morgan fingerprint density at radius 3 is 2.74 bits per heavy atom. The number of aliphatic hydroxyl groups excluding tert-OH is 1. The molecule has 3 heterocycles. The van der Waals surface area contributed by atoms with Gasteiger partial charge in [-0.15, -0.1) is 0 Å². The molecule has 1 aromatic carbocycles. The Hall–Kier alpha value is -2.38. The van der Waals surface area contributed by atoms with E-state index in [2.05, 4.69) is 10.3 Å². The van der Waals surface area contributed by atoms with Crippen LogP contribution in [0.25, 0.3) is 0 Å². The summed E-state index contributed by atoms with van der Waals surface area (Å²) in [5.74, 6) is -0.554. The van der Waals surface area contributed by atoms with Gasteiger partial charge in [0.15, 0.2) is 5.03 Å². The maximum Gasteiger partial charge on any atom is 0.262 e. The van der Waals surface area contributed by atoms with Crippen molar-refractivity contribution in [2.24, 2.45) is 7.05 Å². The van der Waals surface area contributed by atoms with Gasteiger partial charge in [-0.1, -0.05) is 12.1 Å². The fraction of sp³-hybridized carbons (Fsp3) is 0.545. The number of carbonyl (C=O) groups is 1. The minimum Gasteiger partial charge on any atom is -0.389 e. The summed E-state index contributed by atoms with van der Waals surface area (Å²) in [6, 6.07) is 5.33. The lowest BCUT2D eigenvalue weighted by Gasteiger charge is -2.43. The molecule has 2 fully saturated rings. The van der Waals surface area contributed by atoms with Crippen LogP contribution in [0, 0.1) is 5.82 Å². The van der Waals surface area contributed by atoms with Gasteiger partial charge in [0.05, 0.1) is 50.3 Å². The van der Waals surface area contributed by atoms with Crippen LogP contribution in [0.15, 0.2) is 41.8 Å². The molecule has 2 aliphatic rings. The van der Waals surface area contributed by atoms with E-state index in [4.69, 9.17) is 9.47 Å². The SMILES string of the molecule is Cn1cnc(S(=O)(=O)N2C[C@H](O)COC[C@@H]3O[C@@H](CC(=O)NCc4ccc(F)cc4)CC[C@H]32)c1. The lowest BCUT2D eigenvalue weighted by molar-refractivity contribution is -0.146. The minimum atomic E-state index is -3.97. The summed E-state index contributed by atoms with van der Waals surface area (Å²) in [7, 11) is -2.29. The fourth-order valence-corrected chi connectivity index (χ4v) is 5.98. The van der Waals surface area contributed by atoms with Gasteiger partial charge < -0.3 is 24.5 Å². The highest BCUT2D eigenvalue weighted by atomic mass is 32.2. The van der Waals surface area contributed by atoms with Crippen LogP contribution in [0.5, 0.6) is 0 Å². The van der Waals surface area contributed by atoms with Gasteiger partial charge in [0, 0.05) is 26.3 Å². The average molecular weight is 497 g/mol. The summed E-state index contributed by atoms with van der Waals surface area (Å²) in [6.45, 7) is 0.217. The van der Waals surface area contributed by atoms with Crippen molar-refractivity contribution in [2.75, 3.05) is 19.8 Å². The van der Waals surface area contributed by atoms with Crippen molar-refractivity contribution < 1.29 is 32.2 Å². The summed E-state index contributed by atoms with van der Waals surface area (Å²) in [6.07, 6.45) is 1.89. The number of carbonyl (C=O) groups excluding carboxylic acids is 1. The Balaban J connectivity index is 1.41. The average Bonchev–Trinajstić information content (AvgIpc) is 3.23. The standard InChI is InChI=1S/C22H29FN4O6S/c1-26-11-22(25-14-26)34(30,31)27-10-17(28)12-32-13-20-19(27)7-6-18(33-20)8-21(29)24-9-15-2-4-16(23)5-3-15/h2-5,11,14,17-20,28H,6-10,12-13H2,1H3,(H,24,29)/t17-,18+,19+,20-/m0/s1. The molecule has 4 atom stereocenters. The Kier molecular flexibility index (Phi) is 7.63. The Bertz CT molecular complexity index is 1090. The number of amides is 1. The van der Waals surface area contributed by atoms with Gasteiger partial charge in [0.1, 0.15) is 5.82 Å². The van der Waals surface area contributed by atoms with Crippen molar-refractivity contribution in [1.29, 1.82) is 0 Å². The van der Waals surface area contributed by atoms with Crippen LogP contribution in [0.3, 0.4) is 0 Å². The number of aromatic nitrogens is 2. The van der Waals surface area contributed by atoms with Crippen molar-refractivity contribution in [3.05, 3.63) is 48.2 Å². The number of nitrogens with zero attached hydrogens (tertiary/aromatic N) is 3. The van der Waals surface area contributed by atoms with Crippen LogP contribution >= 0.6 is 0 Å². The first-order chi connectivity index (χ1) is 16.2. The summed E-state index contributed by atoms with van der Waals surface area (Å²) >= 11 is 0. The summed E-state index contributed by atoms with van der Waals surface area (Å²) in [4.78, 5) is 16.4. The molecule has 0 aliphatic carbocycles. The van der Waals surface area contributed by atoms with Gasteiger partial charge >= 0.3 is 0 Å². The van der Waals surface area contributed by atoms with E-state index in [0.717, 1.165) is 5.56 Å². The van der Waals surface area contributed by atoms with Crippen LogP contribution in [-0.4, -0.2) is 77.4 Å². The zero-order chi connectivity index (χ0) is 24.3. The van der Waals surface area contributed by atoms with Gasteiger partial charge in [0.2, 0.25) is 5.91 Å². The highest BCUT2D eigenvalue weighted by Crippen LogP contribution is 2.31. The lowest BCUT2D eigenvalue weighted by atomic mass is 9.96. The number of hydrogen-bond acceptors (Lipinski definition) is 7. The molecule has 1 amide bonds. The molecule has 4 rings (SSSR count). The molecule has 0 unspecified atom stereocenters. The van der Waals surface area contributed by atoms with Gasteiger partial charge in [-0.25, -0.2) is 17.8 Å². The second-order valence-electron chi connectivity index (χ2n) is 8.69. The number of aryl methyl sites for hydroxylation is 1. The number of imidazole rings is 1. The molecule has 1 aromatic heterocycles. The van der Waals surface area contributed by atoms with E-state index in [9.17, 15) is 22.7 Å². The first kappa shape index (κ1) is 24.7. The van der Waals surface area contributed by atoms with Crippen LogP contribution < -0.4 is 5.32 Å². The molecule has 0 radical (unpaired) electrons. The topological polar surface area (TPSA) is 123 Å². The van der Waals surface area contributed by atoms with Crippen molar-refractivity contribution in [3.63, 3.8) is 0 Å². The monoisotopic (exact) mass is 496 g/mol. The van der Waals surface area contributed by atoms with Crippen LogP contribution in [0.1, 0.15) is 24.8 Å². The van der Waals surface area contributed by atoms with Gasteiger partial charge in [-0.2, -0.15) is 4.31 Å². The number of β-amino-alcohol motifs (C(OH)–C–C–N with tert-alkyl or cyclic N) is 1. The third kappa shape index (κ3) is 5.81.